The Morgan fingerprint density at radius 2 is 1.71 bits per heavy atom. The summed E-state index contributed by atoms with van der Waals surface area (Å²) in [4.78, 5) is 24.3. The standard InChI is InChI=1S/C23H30N4O/c1-19-8-11-26(12-9-19)22-17-21(7-10-24-22)23(28)27-15-13-25(14-16-27)18-20-5-3-2-4-6-20/h2-7,10,17,19H,8-9,11-16,18H2,1H3. The molecule has 2 aliphatic rings. The molecule has 0 aliphatic carbocycles. The van der Waals surface area contributed by atoms with Crippen molar-refractivity contribution in [1.29, 1.82) is 0 Å². The molecule has 5 nitrogen and oxygen atoms in total. The van der Waals surface area contributed by atoms with E-state index in [1.165, 1.54) is 18.4 Å². The van der Waals surface area contributed by atoms with E-state index in [0.717, 1.165) is 63.1 Å². The molecule has 1 aromatic carbocycles. The van der Waals surface area contributed by atoms with Crippen LogP contribution in [0.1, 0.15) is 35.7 Å². The van der Waals surface area contributed by atoms with Crippen LogP contribution < -0.4 is 4.90 Å². The predicted octanol–water partition coefficient (Wildman–Crippen LogP) is 3.28. The summed E-state index contributed by atoms with van der Waals surface area (Å²) in [5.74, 6) is 1.86. The van der Waals surface area contributed by atoms with Crippen molar-refractivity contribution in [2.45, 2.75) is 26.3 Å². The Labute approximate surface area is 168 Å². The van der Waals surface area contributed by atoms with Crippen LogP contribution in [0.4, 0.5) is 5.82 Å². The van der Waals surface area contributed by atoms with E-state index < -0.39 is 0 Å². The zero-order valence-electron chi connectivity index (χ0n) is 16.8. The second-order valence-electron chi connectivity index (χ2n) is 8.13. The molecule has 1 aromatic heterocycles. The first-order valence-corrected chi connectivity index (χ1v) is 10.5. The lowest BCUT2D eigenvalue weighted by Gasteiger charge is -2.35. The van der Waals surface area contributed by atoms with Crippen LogP contribution in [0.5, 0.6) is 0 Å². The van der Waals surface area contributed by atoms with Gasteiger partial charge in [0.25, 0.3) is 5.91 Å². The minimum atomic E-state index is 0.133. The monoisotopic (exact) mass is 378 g/mol. The van der Waals surface area contributed by atoms with Crippen LogP contribution in [0.25, 0.3) is 0 Å². The van der Waals surface area contributed by atoms with Gasteiger partial charge in [0.05, 0.1) is 0 Å². The molecule has 2 saturated heterocycles. The lowest BCUT2D eigenvalue weighted by atomic mass is 9.99. The highest BCUT2D eigenvalue weighted by molar-refractivity contribution is 5.95. The van der Waals surface area contributed by atoms with Gasteiger partial charge in [-0.25, -0.2) is 4.98 Å². The zero-order chi connectivity index (χ0) is 19.3. The van der Waals surface area contributed by atoms with E-state index in [9.17, 15) is 4.79 Å². The Bertz CT molecular complexity index is 778. The number of aromatic nitrogens is 1. The molecule has 0 spiro atoms. The summed E-state index contributed by atoms with van der Waals surface area (Å²) in [6, 6.07) is 14.4. The largest absolute Gasteiger partial charge is 0.357 e. The Morgan fingerprint density at radius 3 is 2.43 bits per heavy atom. The highest BCUT2D eigenvalue weighted by Gasteiger charge is 2.23. The average molecular weight is 379 g/mol. The van der Waals surface area contributed by atoms with Gasteiger partial charge in [-0.2, -0.15) is 0 Å². The molecular formula is C23H30N4O. The van der Waals surface area contributed by atoms with E-state index in [0.29, 0.717) is 0 Å². The maximum Gasteiger partial charge on any atom is 0.254 e. The fourth-order valence-corrected chi connectivity index (χ4v) is 4.10. The van der Waals surface area contributed by atoms with Crippen molar-refractivity contribution in [1.82, 2.24) is 14.8 Å². The van der Waals surface area contributed by atoms with Gasteiger partial charge in [-0.05, 0) is 36.5 Å². The topological polar surface area (TPSA) is 39.7 Å². The number of benzene rings is 1. The number of nitrogens with zero attached hydrogens (tertiary/aromatic N) is 4. The molecule has 2 fully saturated rings. The van der Waals surface area contributed by atoms with E-state index in [2.05, 4.69) is 46.0 Å². The van der Waals surface area contributed by atoms with Gasteiger partial charge in [-0.15, -0.1) is 0 Å². The fraction of sp³-hybridized carbons (Fsp3) is 0.478. The van der Waals surface area contributed by atoms with Gasteiger partial charge in [0, 0.05) is 57.6 Å². The van der Waals surface area contributed by atoms with Gasteiger partial charge >= 0.3 is 0 Å². The highest BCUT2D eigenvalue weighted by Crippen LogP contribution is 2.22. The van der Waals surface area contributed by atoms with Crippen molar-refractivity contribution in [2.24, 2.45) is 5.92 Å². The van der Waals surface area contributed by atoms with Crippen LogP contribution in [0.2, 0.25) is 0 Å². The van der Waals surface area contributed by atoms with Crippen LogP contribution in [-0.2, 0) is 6.54 Å². The molecule has 1 amide bonds. The van der Waals surface area contributed by atoms with Crippen LogP contribution >= 0.6 is 0 Å². The number of hydrogen-bond donors (Lipinski definition) is 0. The summed E-state index contributed by atoms with van der Waals surface area (Å²) in [5.41, 5.74) is 2.09. The predicted molar refractivity (Wildman–Crippen MR) is 112 cm³/mol. The molecule has 2 aliphatic heterocycles. The lowest BCUT2D eigenvalue weighted by molar-refractivity contribution is 0.0628. The number of pyridine rings is 1. The number of rotatable bonds is 4. The van der Waals surface area contributed by atoms with E-state index in [1.54, 1.807) is 6.20 Å². The summed E-state index contributed by atoms with van der Waals surface area (Å²) in [7, 11) is 0. The Balaban J connectivity index is 1.34. The fourth-order valence-electron chi connectivity index (χ4n) is 4.10. The molecule has 148 valence electrons. The highest BCUT2D eigenvalue weighted by atomic mass is 16.2. The van der Waals surface area contributed by atoms with Gasteiger partial charge in [0.1, 0.15) is 5.82 Å². The molecule has 5 heteroatoms. The summed E-state index contributed by atoms with van der Waals surface area (Å²) in [6.45, 7) is 8.73. The SMILES string of the molecule is CC1CCN(c2cc(C(=O)N3CCN(Cc4ccccc4)CC3)ccn2)CC1. The second-order valence-corrected chi connectivity index (χ2v) is 8.13. The molecule has 0 saturated carbocycles. The van der Waals surface area contributed by atoms with Crippen LogP contribution in [0.3, 0.4) is 0 Å². The maximum atomic E-state index is 13.0. The molecule has 0 unspecified atom stereocenters. The minimum Gasteiger partial charge on any atom is -0.357 e. The number of anilines is 1. The minimum absolute atomic E-state index is 0.133. The number of carbonyl (C=O) groups excluding carboxylic acids is 1. The van der Waals surface area contributed by atoms with Crippen molar-refractivity contribution >= 4 is 11.7 Å². The van der Waals surface area contributed by atoms with Crippen LogP contribution in [0.15, 0.2) is 48.7 Å². The van der Waals surface area contributed by atoms with Crippen molar-refractivity contribution in [3.63, 3.8) is 0 Å². The molecule has 0 N–H and O–H groups in total. The molecule has 0 atom stereocenters. The molecule has 2 aromatic rings. The zero-order valence-corrected chi connectivity index (χ0v) is 16.8. The van der Waals surface area contributed by atoms with Gasteiger partial charge in [-0.3, -0.25) is 9.69 Å². The van der Waals surface area contributed by atoms with Gasteiger partial charge in [0.2, 0.25) is 0 Å². The molecule has 3 heterocycles. The Hall–Kier alpha value is -2.40. The Kier molecular flexibility index (Phi) is 5.91. The summed E-state index contributed by atoms with van der Waals surface area (Å²) in [6.07, 6.45) is 4.18. The van der Waals surface area contributed by atoms with E-state index in [1.807, 2.05) is 23.1 Å². The van der Waals surface area contributed by atoms with Crippen molar-refractivity contribution in [3.05, 3.63) is 59.8 Å². The van der Waals surface area contributed by atoms with E-state index in [-0.39, 0.29) is 5.91 Å². The quantitative estimate of drug-likeness (QED) is 0.819. The number of amides is 1. The smallest absolute Gasteiger partial charge is 0.254 e. The first-order valence-electron chi connectivity index (χ1n) is 10.5. The van der Waals surface area contributed by atoms with Gasteiger partial charge in [0.15, 0.2) is 0 Å². The third kappa shape index (κ3) is 4.53. The molecule has 4 rings (SSSR count). The van der Waals surface area contributed by atoms with Gasteiger partial charge < -0.3 is 9.80 Å². The molecule has 0 bridgehead atoms. The summed E-state index contributed by atoms with van der Waals surface area (Å²) < 4.78 is 0. The van der Waals surface area contributed by atoms with Crippen molar-refractivity contribution < 1.29 is 4.79 Å². The average Bonchev–Trinajstić information content (AvgIpc) is 2.75. The first-order chi connectivity index (χ1) is 13.7. The van der Waals surface area contributed by atoms with E-state index >= 15 is 0 Å². The third-order valence-electron chi connectivity index (χ3n) is 6.01. The van der Waals surface area contributed by atoms with Crippen LogP contribution in [-0.4, -0.2) is 60.0 Å². The summed E-state index contributed by atoms with van der Waals surface area (Å²) in [5, 5.41) is 0. The molecule has 28 heavy (non-hydrogen) atoms. The summed E-state index contributed by atoms with van der Waals surface area (Å²) >= 11 is 0. The molecule has 0 radical (unpaired) electrons. The lowest BCUT2D eigenvalue weighted by Crippen LogP contribution is -2.48. The number of piperazine rings is 1. The van der Waals surface area contributed by atoms with Gasteiger partial charge in [-0.1, -0.05) is 37.3 Å². The van der Waals surface area contributed by atoms with Crippen molar-refractivity contribution in [2.75, 3.05) is 44.2 Å². The normalized spacial score (nSPS) is 19.0. The number of carbonyl (C=O) groups is 1. The van der Waals surface area contributed by atoms with Crippen LogP contribution in [0, 0.1) is 5.92 Å². The first kappa shape index (κ1) is 18.9. The maximum absolute atomic E-state index is 13.0. The molecular weight excluding hydrogens is 348 g/mol. The van der Waals surface area contributed by atoms with E-state index in [4.69, 9.17) is 0 Å². The second kappa shape index (κ2) is 8.74. The van der Waals surface area contributed by atoms with Crippen molar-refractivity contribution in [3.8, 4) is 0 Å². The number of hydrogen-bond acceptors (Lipinski definition) is 4. The third-order valence-corrected chi connectivity index (χ3v) is 6.01. The Morgan fingerprint density at radius 1 is 1.00 bits per heavy atom. The number of piperidine rings is 1.